The zero-order chi connectivity index (χ0) is 14.8. The van der Waals surface area contributed by atoms with Crippen molar-refractivity contribution in [1.82, 2.24) is 5.32 Å². The van der Waals surface area contributed by atoms with Crippen LogP contribution in [0.1, 0.15) is 45.6 Å². The third-order valence-corrected chi connectivity index (χ3v) is 3.41. The van der Waals surface area contributed by atoms with Gasteiger partial charge in [-0.2, -0.15) is 0 Å². The molecule has 0 saturated carbocycles. The molecule has 1 aromatic carbocycles. The molecule has 1 aromatic rings. The van der Waals surface area contributed by atoms with Crippen molar-refractivity contribution >= 4 is 5.97 Å². The van der Waals surface area contributed by atoms with Gasteiger partial charge >= 0.3 is 5.97 Å². The first-order valence-corrected chi connectivity index (χ1v) is 7.56. The lowest BCUT2D eigenvalue weighted by molar-refractivity contribution is -0.145. The van der Waals surface area contributed by atoms with Gasteiger partial charge in [0.2, 0.25) is 0 Å². The van der Waals surface area contributed by atoms with Crippen LogP contribution in [0.4, 0.5) is 0 Å². The number of hydrogen-bond acceptors (Lipinski definition) is 3. The molecule has 0 aromatic heterocycles. The van der Waals surface area contributed by atoms with Crippen molar-refractivity contribution in [2.45, 2.75) is 52.7 Å². The molecule has 1 atom stereocenters. The van der Waals surface area contributed by atoms with Crippen molar-refractivity contribution in [2.75, 3.05) is 6.54 Å². The van der Waals surface area contributed by atoms with Gasteiger partial charge in [-0.05, 0) is 30.9 Å². The van der Waals surface area contributed by atoms with Crippen LogP contribution in [0.2, 0.25) is 0 Å². The Morgan fingerprint density at radius 2 is 1.95 bits per heavy atom. The smallest absolute Gasteiger partial charge is 0.306 e. The molecule has 0 amide bonds. The van der Waals surface area contributed by atoms with Crippen LogP contribution < -0.4 is 5.32 Å². The zero-order valence-corrected chi connectivity index (χ0v) is 12.9. The number of esters is 1. The molecule has 1 unspecified atom stereocenters. The summed E-state index contributed by atoms with van der Waals surface area (Å²) in [6.07, 6.45) is 2.40. The van der Waals surface area contributed by atoms with Crippen LogP contribution in [-0.4, -0.2) is 18.6 Å². The van der Waals surface area contributed by atoms with Gasteiger partial charge in [-0.25, -0.2) is 0 Å². The molecule has 0 heterocycles. The molecule has 1 rings (SSSR count). The van der Waals surface area contributed by atoms with E-state index >= 15 is 0 Å². The van der Waals surface area contributed by atoms with Crippen molar-refractivity contribution in [3.05, 3.63) is 35.9 Å². The van der Waals surface area contributed by atoms with Crippen molar-refractivity contribution < 1.29 is 9.53 Å². The minimum absolute atomic E-state index is 0.104. The quantitative estimate of drug-likeness (QED) is 0.702. The Bertz CT molecular complexity index is 376. The number of nitrogens with one attached hydrogen (secondary N) is 1. The van der Waals surface area contributed by atoms with E-state index in [1.165, 1.54) is 0 Å². The highest BCUT2D eigenvalue weighted by Gasteiger charge is 2.12. The standard InChI is InChI=1S/C17H27NO2/c1-4-18-16(14(2)3)11-8-12-17(19)20-13-15-9-6-5-7-10-15/h5-7,9-10,14,16,18H,4,8,11-13H2,1-3H3. The highest BCUT2D eigenvalue weighted by atomic mass is 16.5. The predicted molar refractivity (Wildman–Crippen MR) is 82.4 cm³/mol. The minimum Gasteiger partial charge on any atom is -0.461 e. The van der Waals surface area contributed by atoms with E-state index in [-0.39, 0.29) is 5.97 Å². The Hall–Kier alpha value is -1.35. The maximum atomic E-state index is 11.7. The molecule has 112 valence electrons. The lowest BCUT2D eigenvalue weighted by Crippen LogP contribution is -2.33. The molecular weight excluding hydrogens is 250 g/mol. The van der Waals surface area contributed by atoms with Crippen molar-refractivity contribution in [2.24, 2.45) is 5.92 Å². The van der Waals surface area contributed by atoms with Crippen molar-refractivity contribution in [3.8, 4) is 0 Å². The number of benzene rings is 1. The van der Waals surface area contributed by atoms with Gasteiger partial charge in [0.1, 0.15) is 6.61 Å². The summed E-state index contributed by atoms with van der Waals surface area (Å²) in [4.78, 5) is 11.7. The first-order valence-electron chi connectivity index (χ1n) is 7.56. The summed E-state index contributed by atoms with van der Waals surface area (Å²) < 4.78 is 5.27. The topological polar surface area (TPSA) is 38.3 Å². The van der Waals surface area contributed by atoms with Gasteiger partial charge in [-0.3, -0.25) is 4.79 Å². The average Bonchev–Trinajstić information content (AvgIpc) is 2.45. The maximum Gasteiger partial charge on any atom is 0.306 e. The minimum atomic E-state index is -0.104. The highest BCUT2D eigenvalue weighted by molar-refractivity contribution is 5.69. The SMILES string of the molecule is CCNC(CCCC(=O)OCc1ccccc1)C(C)C. The third-order valence-electron chi connectivity index (χ3n) is 3.41. The summed E-state index contributed by atoms with van der Waals surface area (Å²) in [6, 6.07) is 10.3. The average molecular weight is 277 g/mol. The molecule has 3 nitrogen and oxygen atoms in total. The highest BCUT2D eigenvalue weighted by Crippen LogP contribution is 2.11. The van der Waals surface area contributed by atoms with Gasteiger partial charge in [-0.15, -0.1) is 0 Å². The Labute approximate surface area is 122 Å². The van der Waals surface area contributed by atoms with Crippen LogP contribution in [-0.2, 0) is 16.1 Å². The lowest BCUT2D eigenvalue weighted by atomic mass is 9.98. The van der Waals surface area contributed by atoms with Crippen LogP contribution in [0.25, 0.3) is 0 Å². The van der Waals surface area contributed by atoms with E-state index in [1.807, 2.05) is 30.3 Å². The van der Waals surface area contributed by atoms with Gasteiger partial charge in [-0.1, -0.05) is 51.1 Å². The van der Waals surface area contributed by atoms with Gasteiger partial charge in [0, 0.05) is 12.5 Å². The Morgan fingerprint density at radius 3 is 2.55 bits per heavy atom. The molecule has 0 radical (unpaired) electrons. The molecule has 0 saturated heterocycles. The van der Waals surface area contributed by atoms with E-state index in [1.54, 1.807) is 0 Å². The molecule has 0 aliphatic carbocycles. The fourth-order valence-corrected chi connectivity index (χ4v) is 2.21. The number of carbonyl (C=O) groups excluding carboxylic acids is 1. The van der Waals surface area contributed by atoms with E-state index in [2.05, 4.69) is 26.1 Å². The molecule has 3 heteroatoms. The van der Waals surface area contributed by atoms with Crippen LogP contribution in [0.5, 0.6) is 0 Å². The van der Waals surface area contributed by atoms with E-state index in [0.29, 0.717) is 25.0 Å². The fourth-order valence-electron chi connectivity index (χ4n) is 2.21. The molecule has 1 N–H and O–H groups in total. The first-order chi connectivity index (χ1) is 9.63. The second-order valence-corrected chi connectivity index (χ2v) is 5.45. The molecule has 0 fully saturated rings. The molecule has 0 aliphatic rings. The Morgan fingerprint density at radius 1 is 1.25 bits per heavy atom. The number of carbonyl (C=O) groups is 1. The first kappa shape index (κ1) is 16.7. The van der Waals surface area contributed by atoms with E-state index in [4.69, 9.17) is 4.74 Å². The zero-order valence-electron chi connectivity index (χ0n) is 12.9. The van der Waals surface area contributed by atoms with Crippen LogP contribution >= 0.6 is 0 Å². The second-order valence-electron chi connectivity index (χ2n) is 5.45. The van der Waals surface area contributed by atoms with E-state index < -0.39 is 0 Å². The van der Waals surface area contributed by atoms with Crippen LogP contribution in [0.3, 0.4) is 0 Å². The lowest BCUT2D eigenvalue weighted by Gasteiger charge is -2.21. The summed E-state index contributed by atoms with van der Waals surface area (Å²) in [5.41, 5.74) is 1.04. The largest absolute Gasteiger partial charge is 0.461 e. The molecular formula is C17H27NO2. The predicted octanol–water partition coefficient (Wildman–Crippen LogP) is 3.53. The van der Waals surface area contributed by atoms with E-state index in [9.17, 15) is 4.79 Å². The number of rotatable bonds is 9. The fraction of sp³-hybridized carbons (Fsp3) is 0.588. The van der Waals surface area contributed by atoms with Gasteiger partial charge in [0.05, 0.1) is 0 Å². The number of hydrogen-bond donors (Lipinski definition) is 1. The summed E-state index contributed by atoms with van der Waals surface area (Å²) in [6.45, 7) is 7.88. The molecule has 0 aliphatic heterocycles. The van der Waals surface area contributed by atoms with Crippen molar-refractivity contribution in [3.63, 3.8) is 0 Å². The Balaban J connectivity index is 2.19. The van der Waals surface area contributed by atoms with Gasteiger partial charge < -0.3 is 10.1 Å². The van der Waals surface area contributed by atoms with Gasteiger partial charge in [0.15, 0.2) is 0 Å². The van der Waals surface area contributed by atoms with Gasteiger partial charge in [0.25, 0.3) is 0 Å². The summed E-state index contributed by atoms with van der Waals surface area (Å²) >= 11 is 0. The third kappa shape index (κ3) is 6.71. The van der Waals surface area contributed by atoms with Crippen molar-refractivity contribution in [1.29, 1.82) is 0 Å². The van der Waals surface area contributed by atoms with Crippen LogP contribution in [0, 0.1) is 5.92 Å². The summed E-state index contributed by atoms with van der Waals surface area (Å²) in [7, 11) is 0. The molecule has 20 heavy (non-hydrogen) atoms. The number of ether oxygens (including phenoxy) is 1. The summed E-state index contributed by atoms with van der Waals surface area (Å²) in [5, 5.41) is 3.46. The van der Waals surface area contributed by atoms with Crippen LogP contribution in [0.15, 0.2) is 30.3 Å². The second kappa shape index (κ2) is 9.54. The monoisotopic (exact) mass is 277 g/mol. The molecule has 0 bridgehead atoms. The normalized spacial score (nSPS) is 12.4. The molecule has 0 spiro atoms. The maximum absolute atomic E-state index is 11.7. The summed E-state index contributed by atoms with van der Waals surface area (Å²) in [5.74, 6) is 0.489. The van der Waals surface area contributed by atoms with E-state index in [0.717, 1.165) is 24.9 Å². The Kier molecular flexibility index (Phi) is 7.97.